The van der Waals surface area contributed by atoms with Gasteiger partial charge in [0.15, 0.2) is 5.76 Å². The van der Waals surface area contributed by atoms with E-state index in [0.717, 1.165) is 10.5 Å². The van der Waals surface area contributed by atoms with Crippen LogP contribution in [0, 0.1) is 6.92 Å². The first-order valence-electron chi connectivity index (χ1n) is 12.0. The fourth-order valence-electron chi connectivity index (χ4n) is 4.36. The maximum atomic E-state index is 13.5. The van der Waals surface area contributed by atoms with E-state index in [2.05, 4.69) is 20.8 Å². The number of hydrogen-bond donors (Lipinski definition) is 0. The van der Waals surface area contributed by atoms with Crippen LogP contribution in [0.3, 0.4) is 0 Å². The first-order valence-corrected chi connectivity index (χ1v) is 12.4. The van der Waals surface area contributed by atoms with Crippen LogP contribution in [0.5, 0.6) is 5.75 Å². The zero-order valence-electron chi connectivity index (χ0n) is 21.3. The SMILES string of the molecule is Cc1cc2oc(-c3ccc(C(C)(C)C)cc3)c(OC(=O)CN3C(=O)c4ccccc4C3=O)c(=O)c2cc1Cl. The Morgan fingerprint density at radius 3 is 2.13 bits per heavy atom. The zero-order chi connectivity index (χ0) is 27.4. The minimum Gasteiger partial charge on any atom is -0.452 e. The topological polar surface area (TPSA) is 93.9 Å². The molecule has 0 fully saturated rings. The highest BCUT2D eigenvalue weighted by molar-refractivity contribution is 6.32. The van der Waals surface area contributed by atoms with Crippen molar-refractivity contribution in [1.82, 2.24) is 4.90 Å². The Labute approximate surface area is 223 Å². The number of ether oxygens (including phenoxy) is 1. The molecular weight excluding hydrogens is 506 g/mol. The summed E-state index contributed by atoms with van der Waals surface area (Å²) in [5.74, 6) is -2.46. The van der Waals surface area contributed by atoms with Crippen molar-refractivity contribution in [3.63, 3.8) is 0 Å². The number of amides is 2. The molecule has 0 radical (unpaired) electrons. The number of benzene rings is 3. The average molecular weight is 530 g/mol. The summed E-state index contributed by atoms with van der Waals surface area (Å²) in [5, 5.41) is 0.495. The molecule has 192 valence electrons. The van der Waals surface area contributed by atoms with Gasteiger partial charge in [0.25, 0.3) is 11.8 Å². The van der Waals surface area contributed by atoms with Gasteiger partial charge in [-0.25, -0.2) is 4.79 Å². The quantitative estimate of drug-likeness (QED) is 0.240. The Balaban J connectivity index is 1.55. The highest BCUT2D eigenvalue weighted by atomic mass is 35.5. The first kappa shape index (κ1) is 25.4. The van der Waals surface area contributed by atoms with Crippen molar-refractivity contribution in [3.05, 3.63) is 98.2 Å². The predicted molar refractivity (Wildman–Crippen MR) is 144 cm³/mol. The minimum atomic E-state index is -0.961. The van der Waals surface area contributed by atoms with Crippen LogP contribution in [-0.4, -0.2) is 29.2 Å². The number of carbonyl (C=O) groups excluding carboxylic acids is 3. The van der Waals surface area contributed by atoms with E-state index in [9.17, 15) is 19.2 Å². The van der Waals surface area contributed by atoms with Crippen molar-refractivity contribution < 1.29 is 23.5 Å². The van der Waals surface area contributed by atoms with Crippen molar-refractivity contribution in [2.24, 2.45) is 0 Å². The van der Waals surface area contributed by atoms with Crippen molar-refractivity contribution in [2.75, 3.05) is 6.54 Å². The molecule has 0 saturated heterocycles. The van der Waals surface area contributed by atoms with Crippen LogP contribution in [0.15, 0.2) is 69.9 Å². The number of carbonyl (C=O) groups is 3. The molecule has 0 N–H and O–H groups in total. The Bertz CT molecular complexity index is 1660. The molecule has 8 heteroatoms. The lowest BCUT2D eigenvalue weighted by atomic mass is 9.86. The van der Waals surface area contributed by atoms with Crippen molar-refractivity contribution >= 4 is 40.4 Å². The summed E-state index contributed by atoms with van der Waals surface area (Å²) in [6.07, 6.45) is 0. The summed E-state index contributed by atoms with van der Waals surface area (Å²) >= 11 is 6.25. The van der Waals surface area contributed by atoms with Crippen molar-refractivity contribution in [3.8, 4) is 17.1 Å². The number of halogens is 1. The van der Waals surface area contributed by atoms with E-state index in [0.29, 0.717) is 16.1 Å². The standard InChI is InChI=1S/C30H24ClNO6/c1-16-13-23-21(14-22(16)31)25(34)27(26(37-23)17-9-11-18(12-10-17)30(2,3)4)38-24(33)15-32-28(35)19-7-5-6-8-20(19)29(32)36/h5-14H,15H2,1-4H3. The molecule has 2 heterocycles. The van der Waals surface area contributed by atoms with Gasteiger partial charge in [0.05, 0.1) is 16.5 Å². The summed E-state index contributed by atoms with van der Waals surface area (Å²) in [5.41, 5.74) is 2.31. The average Bonchev–Trinajstić information content (AvgIpc) is 3.11. The maximum absolute atomic E-state index is 13.5. The summed E-state index contributed by atoms with van der Waals surface area (Å²) < 4.78 is 11.6. The van der Waals surface area contributed by atoms with Crippen LogP contribution in [-0.2, 0) is 10.2 Å². The Morgan fingerprint density at radius 1 is 0.947 bits per heavy atom. The molecule has 1 aliphatic rings. The second-order valence-electron chi connectivity index (χ2n) is 10.2. The number of nitrogens with zero attached hydrogens (tertiary/aromatic N) is 1. The van der Waals surface area contributed by atoms with Gasteiger partial charge in [0.1, 0.15) is 12.1 Å². The molecule has 0 unspecified atom stereocenters. The molecule has 38 heavy (non-hydrogen) atoms. The molecule has 0 atom stereocenters. The lowest BCUT2D eigenvalue weighted by Gasteiger charge is -2.19. The lowest BCUT2D eigenvalue weighted by Crippen LogP contribution is -2.37. The van der Waals surface area contributed by atoms with Gasteiger partial charge < -0.3 is 9.15 Å². The number of aryl methyl sites for hydroxylation is 1. The Kier molecular flexibility index (Phi) is 6.19. The van der Waals surface area contributed by atoms with Crippen LogP contribution >= 0.6 is 11.6 Å². The van der Waals surface area contributed by atoms with Crippen LogP contribution < -0.4 is 10.2 Å². The smallest absolute Gasteiger partial charge is 0.331 e. The van der Waals surface area contributed by atoms with Crippen molar-refractivity contribution in [1.29, 1.82) is 0 Å². The van der Waals surface area contributed by atoms with Crippen molar-refractivity contribution in [2.45, 2.75) is 33.1 Å². The van der Waals surface area contributed by atoms with Crippen LogP contribution in [0.2, 0.25) is 5.02 Å². The van der Waals surface area contributed by atoms with E-state index in [1.165, 1.54) is 18.2 Å². The van der Waals surface area contributed by atoms with Gasteiger partial charge in [0, 0.05) is 10.6 Å². The fourth-order valence-corrected chi connectivity index (χ4v) is 4.52. The molecular formula is C30H24ClNO6. The van der Waals surface area contributed by atoms with E-state index in [-0.39, 0.29) is 39.0 Å². The Morgan fingerprint density at radius 2 is 1.55 bits per heavy atom. The van der Waals surface area contributed by atoms with Gasteiger partial charge in [0.2, 0.25) is 11.2 Å². The molecule has 0 bridgehead atoms. The van der Waals surface area contributed by atoms with Crippen LogP contribution in [0.1, 0.15) is 52.6 Å². The van der Waals surface area contributed by atoms with Gasteiger partial charge in [-0.05, 0) is 47.7 Å². The molecule has 0 aliphatic carbocycles. The van der Waals surface area contributed by atoms with Crippen LogP contribution in [0.25, 0.3) is 22.3 Å². The van der Waals surface area contributed by atoms with E-state index in [1.807, 2.05) is 12.1 Å². The number of rotatable bonds is 4. The zero-order valence-corrected chi connectivity index (χ0v) is 22.0. The number of imide groups is 1. The van der Waals surface area contributed by atoms with E-state index < -0.39 is 29.8 Å². The molecule has 2 amide bonds. The number of fused-ring (bicyclic) bond motifs is 2. The van der Waals surface area contributed by atoms with Gasteiger partial charge >= 0.3 is 5.97 Å². The predicted octanol–water partition coefficient (Wildman–Crippen LogP) is 5.92. The third-order valence-corrected chi connectivity index (χ3v) is 6.93. The monoisotopic (exact) mass is 529 g/mol. The van der Waals surface area contributed by atoms with Crippen LogP contribution in [0.4, 0.5) is 0 Å². The van der Waals surface area contributed by atoms with E-state index >= 15 is 0 Å². The molecule has 3 aromatic carbocycles. The van der Waals surface area contributed by atoms with Gasteiger partial charge in [-0.15, -0.1) is 0 Å². The summed E-state index contributed by atoms with van der Waals surface area (Å²) in [6, 6.07) is 16.8. The van der Waals surface area contributed by atoms with E-state index in [4.69, 9.17) is 20.8 Å². The maximum Gasteiger partial charge on any atom is 0.331 e. The van der Waals surface area contributed by atoms with E-state index in [1.54, 1.807) is 37.3 Å². The summed E-state index contributed by atoms with van der Waals surface area (Å²) in [7, 11) is 0. The van der Waals surface area contributed by atoms with Gasteiger partial charge in [-0.2, -0.15) is 0 Å². The Hall–Kier alpha value is -4.23. The molecule has 5 rings (SSSR count). The fraction of sp³-hybridized carbons (Fsp3) is 0.200. The largest absolute Gasteiger partial charge is 0.452 e. The molecule has 0 spiro atoms. The highest BCUT2D eigenvalue weighted by Crippen LogP contribution is 2.34. The molecule has 7 nitrogen and oxygen atoms in total. The minimum absolute atomic E-state index is 0.0559. The highest BCUT2D eigenvalue weighted by Gasteiger charge is 2.37. The third-order valence-electron chi connectivity index (χ3n) is 6.52. The summed E-state index contributed by atoms with van der Waals surface area (Å²) in [4.78, 5) is 52.8. The second kappa shape index (κ2) is 9.26. The van der Waals surface area contributed by atoms with Gasteiger partial charge in [-0.1, -0.05) is 68.8 Å². The lowest BCUT2D eigenvalue weighted by molar-refractivity contribution is -0.134. The number of esters is 1. The third kappa shape index (κ3) is 4.39. The molecule has 4 aromatic rings. The van der Waals surface area contributed by atoms with Gasteiger partial charge in [-0.3, -0.25) is 19.3 Å². The first-order chi connectivity index (χ1) is 18.0. The summed E-state index contributed by atoms with van der Waals surface area (Å²) in [6.45, 7) is 7.36. The molecule has 1 aliphatic heterocycles. The second-order valence-corrected chi connectivity index (χ2v) is 10.6. The number of hydrogen-bond acceptors (Lipinski definition) is 6. The molecule has 1 aromatic heterocycles. The molecule has 0 saturated carbocycles. The normalized spacial score (nSPS) is 13.2.